The van der Waals surface area contributed by atoms with E-state index in [1.807, 2.05) is 0 Å². The number of phenols is 2. The van der Waals surface area contributed by atoms with Gasteiger partial charge in [0.15, 0.2) is 22.9 Å². The summed E-state index contributed by atoms with van der Waals surface area (Å²) < 4.78 is 34.6. The lowest BCUT2D eigenvalue weighted by molar-refractivity contribution is -0.169. The molecule has 0 heterocycles. The largest absolute Gasteiger partial charge is 0.508 e. The number of aromatic hydroxyl groups is 2. The number of carbonyl (C=O) groups excluding carboxylic acids is 3. The van der Waals surface area contributed by atoms with Crippen molar-refractivity contribution in [1.29, 1.82) is 0 Å². The second kappa shape index (κ2) is 11.5. The van der Waals surface area contributed by atoms with Crippen LogP contribution in [-0.4, -0.2) is 105 Å². The number of hydrogen-bond acceptors (Lipinski definition) is 13. The van der Waals surface area contributed by atoms with Gasteiger partial charge in [0.25, 0.3) is 16.0 Å². The highest BCUT2D eigenvalue weighted by atomic mass is 32.2. The molecule has 3 aliphatic carbocycles. The number of aliphatic hydroxyl groups is 4. The van der Waals surface area contributed by atoms with E-state index in [1.54, 1.807) is 19.1 Å². The number of methoxy groups -OCH3 is 1. The molecule has 0 saturated heterocycles. The maximum absolute atomic E-state index is 13.7. The topological polar surface area (TPSA) is 265 Å². The molecule has 1 amide bonds. The van der Waals surface area contributed by atoms with Crippen molar-refractivity contribution in [2.45, 2.75) is 35.5 Å². The van der Waals surface area contributed by atoms with Crippen molar-refractivity contribution in [2.75, 3.05) is 21.2 Å². The molecule has 1 fully saturated rings. The summed E-state index contributed by atoms with van der Waals surface area (Å²) in [5, 5.41) is 64.0. The standard InChI is InChI=1S/C22H24N2O8.C7H8O5S/c1-7-8-5-4-6-9(25)11(8)16(26)12-10(7)17(27)14-15(24(2)3)18(28)13(21(23)31)20(30)22(14,32)19(12)29;1-12-7-4-5(13(9,10)11)2-3-6(7)8/h4-7,10,14-15,17,25-27,30,32H,1-3H3,(H2,23,31);2-4,8H,1H3,(H,9,10,11)/t7-,10+,14+,15-,17-,22-;/m0./s1. The van der Waals surface area contributed by atoms with E-state index in [0.29, 0.717) is 5.56 Å². The molecule has 0 spiro atoms. The normalized spacial score (nSPS) is 27.7. The van der Waals surface area contributed by atoms with Gasteiger partial charge < -0.3 is 41.1 Å². The monoisotopic (exact) mass is 648 g/mol. The Morgan fingerprint density at radius 2 is 1.67 bits per heavy atom. The van der Waals surface area contributed by atoms with E-state index in [-0.39, 0.29) is 27.7 Å². The minimum absolute atomic E-state index is 0.00451. The minimum atomic E-state index is -4.24. The van der Waals surface area contributed by atoms with Crippen LogP contribution in [0.5, 0.6) is 17.2 Å². The second-order valence-corrected chi connectivity index (χ2v) is 12.5. The Balaban J connectivity index is 0.000000297. The average Bonchev–Trinajstić information content (AvgIpc) is 2.94. The van der Waals surface area contributed by atoms with Crippen LogP contribution in [0.15, 0.2) is 58.2 Å². The number of aliphatic hydroxyl groups excluding tert-OH is 3. The zero-order chi connectivity index (χ0) is 33.9. The summed E-state index contributed by atoms with van der Waals surface area (Å²) >= 11 is 0. The number of nitrogens with zero attached hydrogens (tertiary/aromatic N) is 1. The fourth-order valence-corrected chi connectivity index (χ4v) is 6.89. The molecule has 0 aliphatic heterocycles. The lowest BCUT2D eigenvalue weighted by Crippen LogP contribution is -2.70. The van der Waals surface area contributed by atoms with Crippen molar-refractivity contribution >= 4 is 33.4 Å². The summed E-state index contributed by atoms with van der Waals surface area (Å²) in [6.07, 6.45) is -1.59. The van der Waals surface area contributed by atoms with Crippen molar-refractivity contribution in [2.24, 2.45) is 17.6 Å². The molecule has 5 rings (SSSR count). The maximum Gasteiger partial charge on any atom is 0.294 e. The third-order valence-corrected chi connectivity index (χ3v) is 9.29. The van der Waals surface area contributed by atoms with E-state index < -0.39 is 85.8 Å². The van der Waals surface area contributed by atoms with E-state index >= 15 is 0 Å². The van der Waals surface area contributed by atoms with Crippen LogP contribution in [0, 0.1) is 11.8 Å². The van der Waals surface area contributed by atoms with Crippen LogP contribution in [0.25, 0.3) is 5.76 Å². The number of amides is 1. The molecular formula is C29H32N2O13S. The van der Waals surface area contributed by atoms with Crippen LogP contribution >= 0.6 is 0 Å². The van der Waals surface area contributed by atoms with E-state index in [9.17, 15) is 48.3 Å². The molecule has 0 aromatic heterocycles. The molecule has 15 nitrogen and oxygen atoms in total. The number of likely N-dealkylation sites (N-methyl/N-ethyl adjacent to an activating group) is 1. The third-order valence-electron chi connectivity index (χ3n) is 8.44. The van der Waals surface area contributed by atoms with E-state index in [4.69, 9.17) is 15.4 Å². The fraction of sp³-hybridized carbons (Fsp3) is 0.345. The molecule has 6 atom stereocenters. The van der Waals surface area contributed by atoms with Crippen molar-refractivity contribution < 1.29 is 62.7 Å². The average molecular weight is 649 g/mol. The van der Waals surface area contributed by atoms with Gasteiger partial charge >= 0.3 is 0 Å². The van der Waals surface area contributed by atoms with E-state index in [1.165, 1.54) is 32.2 Å². The summed E-state index contributed by atoms with van der Waals surface area (Å²) in [5.74, 6) is -9.06. The summed E-state index contributed by atoms with van der Waals surface area (Å²) in [4.78, 5) is 39.6. The van der Waals surface area contributed by atoms with Gasteiger partial charge in [0.05, 0.1) is 35.6 Å². The van der Waals surface area contributed by atoms with Crippen LogP contribution in [0.4, 0.5) is 0 Å². The number of primary amides is 1. The molecule has 9 N–H and O–H groups in total. The van der Waals surface area contributed by atoms with Crippen LogP contribution in [0.3, 0.4) is 0 Å². The summed E-state index contributed by atoms with van der Waals surface area (Å²) in [5.41, 5.74) is 1.47. The first kappa shape index (κ1) is 33.4. The molecule has 1 saturated carbocycles. The number of nitrogens with two attached hydrogens (primary N) is 1. The number of hydrogen-bond donors (Lipinski definition) is 8. The lowest BCUT2D eigenvalue weighted by Gasteiger charge is -2.53. The van der Waals surface area contributed by atoms with Gasteiger partial charge in [0.1, 0.15) is 22.8 Å². The second-order valence-electron chi connectivity index (χ2n) is 11.1. The first-order chi connectivity index (χ1) is 20.8. The molecule has 0 radical (unpaired) electrons. The Bertz CT molecular complexity index is 1780. The molecule has 2 aromatic rings. The zero-order valence-corrected chi connectivity index (χ0v) is 25.2. The number of ether oxygens (including phenoxy) is 1. The molecule has 16 heteroatoms. The predicted octanol–water partition coefficient (Wildman–Crippen LogP) is 0.143. The Hall–Kier alpha value is -4.48. The highest BCUT2D eigenvalue weighted by molar-refractivity contribution is 7.85. The SMILES string of the molecule is COc1cc(S(=O)(=O)O)ccc1O.C[C@H]1c2cccc(O)c2C(O)=C2C(=O)[C@]3(O)C(O)=C(C(N)=O)C(=O)[C@@H](N(C)C)[C@@H]3[C@@H](O)[C@@H]21. The molecule has 45 heavy (non-hydrogen) atoms. The smallest absolute Gasteiger partial charge is 0.294 e. The van der Waals surface area contributed by atoms with Gasteiger partial charge in [0.2, 0.25) is 5.78 Å². The van der Waals surface area contributed by atoms with Gasteiger partial charge in [-0.3, -0.25) is 23.8 Å². The van der Waals surface area contributed by atoms with Crippen molar-refractivity contribution in [1.82, 2.24) is 4.90 Å². The Morgan fingerprint density at radius 3 is 2.20 bits per heavy atom. The maximum atomic E-state index is 13.7. The molecule has 0 unspecified atom stereocenters. The first-order valence-corrected chi connectivity index (χ1v) is 14.7. The number of phenolic OH excluding ortho intramolecular Hbond substituents is 2. The molecule has 242 valence electrons. The van der Waals surface area contributed by atoms with E-state index in [0.717, 1.165) is 18.2 Å². The summed E-state index contributed by atoms with van der Waals surface area (Å²) in [6.45, 7) is 1.68. The van der Waals surface area contributed by atoms with Gasteiger partial charge in [-0.2, -0.15) is 8.42 Å². The van der Waals surface area contributed by atoms with Gasteiger partial charge in [0, 0.05) is 17.6 Å². The fourth-order valence-electron chi connectivity index (χ4n) is 6.39. The molecular weight excluding hydrogens is 616 g/mol. The van der Waals surface area contributed by atoms with Crippen molar-refractivity contribution in [3.63, 3.8) is 0 Å². The number of Topliss-reactive ketones (excluding diaryl/α,β-unsaturated/α-hetero) is 2. The van der Waals surface area contributed by atoms with Crippen LogP contribution in [0.2, 0.25) is 0 Å². The lowest BCUT2D eigenvalue weighted by atomic mass is 9.54. The van der Waals surface area contributed by atoms with Crippen molar-refractivity contribution in [3.8, 4) is 17.2 Å². The zero-order valence-electron chi connectivity index (χ0n) is 24.4. The van der Waals surface area contributed by atoms with Crippen LogP contribution < -0.4 is 10.5 Å². The quantitative estimate of drug-likeness (QED) is 0.162. The highest BCUT2D eigenvalue weighted by Crippen LogP contribution is 2.55. The number of benzene rings is 2. The first-order valence-electron chi connectivity index (χ1n) is 13.3. The minimum Gasteiger partial charge on any atom is -0.508 e. The van der Waals surface area contributed by atoms with Gasteiger partial charge in [-0.25, -0.2) is 0 Å². The predicted molar refractivity (Wildman–Crippen MR) is 155 cm³/mol. The van der Waals surface area contributed by atoms with Crippen LogP contribution in [-0.2, 0) is 24.5 Å². The highest BCUT2D eigenvalue weighted by Gasteiger charge is 2.68. The summed E-state index contributed by atoms with van der Waals surface area (Å²) in [6, 6.07) is 6.37. The van der Waals surface area contributed by atoms with Gasteiger partial charge in [-0.05, 0) is 43.8 Å². The Labute approximate surface area is 256 Å². The van der Waals surface area contributed by atoms with Gasteiger partial charge in [-0.1, -0.05) is 19.1 Å². The Morgan fingerprint density at radius 1 is 1.04 bits per heavy atom. The molecule has 2 aromatic carbocycles. The summed E-state index contributed by atoms with van der Waals surface area (Å²) in [7, 11) is -0.0428. The van der Waals surface area contributed by atoms with Crippen molar-refractivity contribution in [3.05, 3.63) is 64.4 Å². The van der Waals surface area contributed by atoms with Gasteiger partial charge in [-0.15, -0.1) is 0 Å². The number of ketones is 2. The number of fused-ring (bicyclic) bond motifs is 3. The molecule has 0 bridgehead atoms. The van der Waals surface area contributed by atoms with Crippen LogP contribution in [0.1, 0.15) is 24.0 Å². The van der Waals surface area contributed by atoms with E-state index in [2.05, 4.69) is 4.74 Å². The Kier molecular flexibility index (Phi) is 8.51. The number of carbonyl (C=O) groups is 3. The molecule has 3 aliphatic rings. The third kappa shape index (κ3) is 5.09. The number of rotatable bonds is 4.